The molecule has 150 valence electrons. The van der Waals surface area contributed by atoms with Gasteiger partial charge in [-0.2, -0.15) is 0 Å². The predicted molar refractivity (Wildman–Crippen MR) is 115 cm³/mol. The van der Waals surface area contributed by atoms with Crippen LogP contribution in [0.1, 0.15) is 5.56 Å². The van der Waals surface area contributed by atoms with Gasteiger partial charge in [-0.15, -0.1) is 0 Å². The fourth-order valence-electron chi connectivity index (χ4n) is 2.22. The third-order valence-electron chi connectivity index (χ3n) is 3.83. The Labute approximate surface area is 171 Å². The number of ether oxygens (including phenoxy) is 1. The van der Waals surface area contributed by atoms with Gasteiger partial charge in [0, 0.05) is 37.5 Å². The smallest absolute Gasteiger partial charge is 0.241 e. The first-order chi connectivity index (χ1) is 13.6. The van der Waals surface area contributed by atoms with Crippen LogP contribution < -0.4 is 10.6 Å². The van der Waals surface area contributed by atoms with Crippen LogP contribution in [0.4, 0.5) is 0 Å². The summed E-state index contributed by atoms with van der Waals surface area (Å²) in [5, 5.41) is 6.23. The molecule has 7 heteroatoms. The molecule has 28 heavy (non-hydrogen) atoms. The molecule has 0 saturated heterocycles. The molecular formula is C21H28N4O2S. The summed E-state index contributed by atoms with van der Waals surface area (Å²) in [6.45, 7) is 1.89. The average Bonchev–Trinajstić information content (AvgIpc) is 2.71. The number of rotatable bonds is 9. The molecule has 2 N–H and O–H groups in total. The number of methoxy groups -OCH3 is 1. The van der Waals surface area contributed by atoms with Crippen molar-refractivity contribution in [1.29, 1.82) is 0 Å². The first kappa shape index (κ1) is 21.8. The van der Waals surface area contributed by atoms with Crippen molar-refractivity contribution >= 4 is 23.6 Å². The Morgan fingerprint density at radius 1 is 1.04 bits per heavy atom. The molecule has 0 radical (unpaired) electrons. The Morgan fingerprint density at radius 3 is 2.36 bits per heavy atom. The van der Waals surface area contributed by atoms with Crippen LogP contribution in [0, 0.1) is 0 Å². The number of carbonyl (C=O) groups is 1. The van der Waals surface area contributed by atoms with E-state index in [0.29, 0.717) is 25.7 Å². The van der Waals surface area contributed by atoms with E-state index in [1.807, 2.05) is 18.2 Å². The second-order valence-corrected chi connectivity index (χ2v) is 7.43. The molecule has 0 spiro atoms. The van der Waals surface area contributed by atoms with Gasteiger partial charge in [0.25, 0.3) is 0 Å². The maximum Gasteiger partial charge on any atom is 0.241 e. The third kappa shape index (κ3) is 8.02. The first-order valence-electron chi connectivity index (χ1n) is 9.11. The molecule has 0 atom stereocenters. The van der Waals surface area contributed by atoms with Crippen LogP contribution in [0.25, 0.3) is 0 Å². The lowest BCUT2D eigenvalue weighted by atomic mass is 10.2. The molecular weight excluding hydrogens is 372 g/mol. The summed E-state index contributed by atoms with van der Waals surface area (Å²) in [6.07, 6.45) is 0. The van der Waals surface area contributed by atoms with Gasteiger partial charge in [-0.1, -0.05) is 42.1 Å². The molecule has 0 saturated carbocycles. The zero-order chi connectivity index (χ0) is 20.2. The quantitative estimate of drug-likeness (QED) is 0.385. The van der Waals surface area contributed by atoms with E-state index in [2.05, 4.69) is 52.0 Å². The van der Waals surface area contributed by atoms with Crippen molar-refractivity contribution in [2.24, 2.45) is 4.99 Å². The fourth-order valence-corrected chi connectivity index (χ4v) is 3.06. The van der Waals surface area contributed by atoms with Gasteiger partial charge in [0.2, 0.25) is 5.91 Å². The van der Waals surface area contributed by atoms with Crippen molar-refractivity contribution in [2.75, 3.05) is 40.9 Å². The van der Waals surface area contributed by atoms with E-state index in [1.54, 1.807) is 37.9 Å². The molecule has 0 heterocycles. The summed E-state index contributed by atoms with van der Waals surface area (Å²) < 4.78 is 5.06. The Kier molecular flexibility index (Phi) is 9.37. The lowest BCUT2D eigenvalue weighted by molar-refractivity contribution is -0.127. The Hall–Kier alpha value is -2.51. The second kappa shape index (κ2) is 12.0. The Morgan fingerprint density at radius 2 is 1.71 bits per heavy atom. The number of nitrogens with one attached hydrogen (secondary N) is 2. The number of carbonyl (C=O) groups excluding carboxylic acids is 1. The van der Waals surface area contributed by atoms with Crippen molar-refractivity contribution in [3.8, 4) is 0 Å². The van der Waals surface area contributed by atoms with Gasteiger partial charge in [-0.25, -0.2) is 4.99 Å². The summed E-state index contributed by atoms with van der Waals surface area (Å²) in [6, 6.07) is 18.6. The molecule has 1 amide bonds. The number of nitrogens with zero attached hydrogens (tertiary/aromatic N) is 2. The Bertz CT molecular complexity index is 749. The normalized spacial score (nSPS) is 11.2. The van der Waals surface area contributed by atoms with E-state index >= 15 is 0 Å². The summed E-state index contributed by atoms with van der Waals surface area (Å²) in [7, 11) is 5.11. The van der Waals surface area contributed by atoms with E-state index in [4.69, 9.17) is 4.74 Å². The monoisotopic (exact) mass is 400 g/mol. The first-order valence-corrected chi connectivity index (χ1v) is 9.93. The zero-order valence-electron chi connectivity index (χ0n) is 16.6. The summed E-state index contributed by atoms with van der Waals surface area (Å²) in [5.41, 5.74) is 1.10. The van der Waals surface area contributed by atoms with Gasteiger partial charge >= 0.3 is 0 Å². The largest absolute Gasteiger partial charge is 0.383 e. The molecule has 0 aromatic heterocycles. The number of benzene rings is 2. The number of hydrogen-bond acceptors (Lipinski definition) is 4. The minimum atomic E-state index is -0.0106. The van der Waals surface area contributed by atoms with Crippen LogP contribution in [0.3, 0.4) is 0 Å². The van der Waals surface area contributed by atoms with E-state index in [9.17, 15) is 4.79 Å². The molecule has 0 aliphatic carbocycles. The minimum absolute atomic E-state index is 0.0106. The molecule has 2 rings (SSSR count). The van der Waals surface area contributed by atoms with Crippen LogP contribution in [0.5, 0.6) is 0 Å². The van der Waals surface area contributed by atoms with Crippen LogP contribution in [0.15, 0.2) is 69.4 Å². The van der Waals surface area contributed by atoms with Crippen LogP contribution in [-0.4, -0.2) is 57.7 Å². The van der Waals surface area contributed by atoms with Gasteiger partial charge < -0.3 is 20.3 Å². The van der Waals surface area contributed by atoms with E-state index in [-0.39, 0.29) is 12.5 Å². The lowest BCUT2D eigenvalue weighted by Crippen LogP contribution is -2.43. The zero-order valence-corrected chi connectivity index (χ0v) is 17.5. The van der Waals surface area contributed by atoms with Gasteiger partial charge in [0.05, 0.1) is 19.7 Å². The van der Waals surface area contributed by atoms with Crippen LogP contribution in [0.2, 0.25) is 0 Å². The summed E-state index contributed by atoms with van der Waals surface area (Å²) in [4.78, 5) is 20.3. The predicted octanol–water partition coefficient (Wildman–Crippen LogP) is 2.61. The highest BCUT2D eigenvalue weighted by Crippen LogP contribution is 2.27. The highest BCUT2D eigenvalue weighted by Gasteiger charge is 2.06. The molecule has 2 aromatic rings. The molecule has 0 bridgehead atoms. The minimum Gasteiger partial charge on any atom is -0.383 e. The molecule has 0 aliphatic rings. The van der Waals surface area contributed by atoms with Crippen molar-refractivity contribution in [1.82, 2.24) is 15.5 Å². The highest BCUT2D eigenvalue weighted by atomic mass is 32.2. The molecule has 0 unspecified atom stereocenters. The van der Waals surface area contributed by atoms with Crippen molar-refractivity contribution < 1.29 is 9.53 Å². The second-order valence-electron chi connectivity index (χ2n) is 6.29. The number of aliphatic imine (C=N–C) groups is 1. The molecule has 2 aromatic carbocycles. The van der Waals surface area contributed by atoms with E-state index in [1.165, 1.54) is 9.79 Å². The number of guanidine groups is 1. The highest BCUT2D eigenvalue weighted by molar-refractivity contribution is 7.99. The average molecular weight is 401 g/mol. The van der Waals surface area contributed by atoms with Crippen molar-refractivity contribution in [3.63, 3.8) is 0 Å². The van der Waals surface area contributed by atoms with Crippen LogP contribution in [-0.2, 0) is 16.1 Å². The Balaban J connectivity index is 1.94. The number of amides is 1. The summed E-state index contributed by atoms with van der Waals surface area (Å²) in [5.74, 6) is 0.582. The molecule has 0 fully saturated rings. The number of likely N-dealkylation sites (N-methyl/N-ethyl adjacent to an activating group) is 1. The number of hydrogen-bond donors (Lipinski definition) is 2. The summed E-state index contributed by atoms with van der Waals surface area (Å²) >= 11 is 1.73. The fraction of sp³-hybridized carbons (Fsp3) is 0.333. The SMILES string of the molecule is COCCNC(=NCc1ccc(Sc2ccccc2)cc1)NCC(=O)N(C)C. The van der Waals surface area contributed by atoms with Crippen LogP contribution >= 0.6 is 11.8 Å². The third-order valence-corrected chi connectivity index (χ3v) is 4.84. The standard InChI is InChI=1S/C21H28N4O2S/c1-25(2)20(26)16-24-21(22-13-14-27-3)23-15-17-9-11-19(12-10-17)28-18-7-5-4-6-8-18/h4-12H,13-16H2,1-3H3,(H2,22,23,24). The molecule has 0 aliphatic heterocycles. The van der Waals surface area contributed by atoms with Gasteiger partial charge in [0.15, 0.2) is 5.96 Å². The maximum absolute atomic E-state index is 11.8. The van der Waals surface area contributed by atoms with E-state index < -0.39 is 0 Å². The maximum atomic E-state index is 11.8. The lowest BCUT2D eigenvalue weighted by Gasteiger charge is -2.14. The van der Waals surface area contributed by atoms with Gasteiger partial charge in [-0.05, 0) is 29.8 Å². The van der Waals surface area contributed by atoms with Crippen molar-refractivity contribution in [2.45, 2.75) is 16.3 Å². The van der Waals surface area contributed by atoms with Gasteiger partial charge in [0.1, 0.15) is 0 Å². The molecule has 6 nitrogen and oxygen atoms in total. The van der Waals surface area contributed by atoms with Gasteiger partial charge in [-0.3, -0.25) is 4.79 Å². The topological polar surface area (TPSA) is 66.0 Å². The van der Waals surface area contributed by atoms with Crippen molar-refractivity contribution in [3.05, 3.63) is 60.2 Å². The van der Waals surface area contributed by atoms with E-state index in [0.717, 1.165) is 5.56 Å².